The number of nitrogens with zero attached hydrogens (tertiary/aromatic N) is 3. The summed E-state index contributed by atoms with van der Waals surface area (Å²) in [4.78, 5) is 16.0. The highest BCUT2D eigenvalue weighted by atomic mass is 16.5. The first-order chi connectivity index (χ1) is 9.06. The number of hydrogen-bond acceptors (Lipinski definition) is 6. The van der Waals surface area contributed by atoms with Gasteiger partial charge in [-0.25, -0.2) is 0 Å². The van der Waals surface area contributed by atoms with E-state index in [1.54, 1.807) is 6.92 Å². The molecular weight excluding hydrogens is 248 g/mol. The molecule has 7 heteroatoms. The summed E-state index contributed by atoms with van der Waals surface area (Å²) in [5.74, 6) is 1.70. The summed E-state index contributed by atoms with van der Waals surface area (Å²) in [5, 5.41) is 10.0. The van der Waals surface area contributed by atoms with E-state index in [-0.39, 0.29) is 12.5 Å². The van der Waals surface area contributed by atoms with Crippen molar-refractivity contribution >= 4 is 5.91 Å². The zero-order valence-electron chi connectivity index (χ0n) is 11.1. The van der Waals surface area contributed by atoms with Gasteiger partial charge in [-0.2, -0.15) is 4.98 Å². The number of carbonyl (C=O) groups is 1. The summed E-state index contributed by atoms with van der Waals surface area (Å²) < 4.78 is 9.90. The molecule has 0 saturated heterocycles. The predicted molar refractivity (Wildman–Crippen MR) is 65.3 cm³/mol. The van der Waals surface area contributed by atoms with Gasteiger partial charge in [-0.15, -0.1) is 0 Å². The van der Waals surface area contributed by atoms with Crippen molar-refractivity contribution in [1.82, 2.24) is 20.6 Å². The van der Waals surface area contributed by atoms with Crippen LogP contribution in [-0.2, 0) is 13.0 Å². The fourth-order valence-electron chi connectivity index (χ4n) is 1.57. The molecule has 19 heavy (non-hydrogen) atoms. The van der Waals surface area contributed by atoms with Gasteiger partial charge in [0, 0.05) is 6.42 Å². The molecule has 1 N–H and O–H groups in total. The number of nitrogens with one attached hydrogen (secondary N) is 1. The molecule has 0 aliphatic rings. The van der Waals surface area contributed by atoms with Gasteiger partial charge in [-0.3, -0.25) is 4.79 Å². The average Bonchev–Trinajstić information content (AvgIpc) is 2.94. The maximum absolute atomic E-state index is 11.8. The van der Waals surface area contributed by atoms with Gasteiger partial charge in [0.05, 0.1) is 12.7 Å². The van der Waals surface area contributed by atoms with E-state index in [4.69, 9.17) is 9.05 Å². The van der Waals surface area contributed by atoms with Crippen LogP contribution in [0.5, 0.6) is 0 Å². The molecule has 0 fully saturated rings. The van der Waals surface area contributed by atoms with E-state index < -0.39 is 0 Å². The van der Waals surface area contributed by atoms with Gasteiger partial charge in [0.15, 0.2) is 5.82 Å². The average molecular weight is 264 g/mol. The van der Waals surface area contributed by atoms with Crippen LogP contribution in [0.4, 0.5) is 0 Å². The molecule has 2 rings (SSSR count). The van der Waals surface area contributed by atoms with E-state index in [1.807, 2.05) is 0 Å². The van der Waals surface area contributed by atoms with Crippen molar-refractivity contribution in [3.63, 3.8) is 0 Å². The molecule has 0 spiro atoms. The Labute approximate surface area is 110 Å². The highest BCUT2D eigenvalue weighted by molar-refractivity contribution is 5.94. The first kappa shape index (κ1) is 13.3. The quantitative estimate of drug-likeness (QED) is 0.879. The molecule has 0 saturated carbocycles. The number of carbonyl (C=O) groups excluding carboxylic acids is 1. The van der Waals surface area contributed by atoms with Crippen LogP contribution in [0.3, 0.4) is 0 Å². The molecule has 0 bridgehead atoms. The van der Waals surface area contributed by atoms with Gasteiger partial charge in [-0.05, 0) is 12.8 Å². The van der Waals surface area contributed by atoms with Crippen LogP contribution in [0, 0.1) is 12.8 Å². The van der Waals surface area contributed by atoms with Gasteiger partial charge in [0.25, 0.3) is 5.91 Å². The smallest absolute Gasteiger partial charge is 0.256 e. The Bertz CT molecular complexity index is 559. The Morgan fingerprint density at radius 3 is 2.84 bits per heavy atom. The molecule has 102 valence electrons. The third kappa shape index (κ3) is 3.40. The number of aryl methyl sites for hydroxylation is 1. The van der Waals surface area contributed by atoms with E-state index in [1.165, 1.54) is 6.20 Å². The monoisotopic (exact) mass is 264 g/mol. The van der Waals surface area contributed by atoms with Crippen LogP contribution in [0.15, 0.2) is 15.2 Å². The van der Waals surface area contributed by atoms with Gasteiger partial charge in [0.1, 0.15) is 11.3 Å². The lowest BCUT2D eigenvalue weighted by Crippen LogP contribution is -2.23. The van der Waals surface area contributed by atoms with Crippen molar-refractivity contribution in [2.24, 2.45) is 5.92 Å². The minimum Gasteiger partial charge on any atom is -0.361 e. The number of rotatable bonds is 5. The van der Waals surface area contributed by atoms with Crippen LogP contribution >= 0.6 is 0 Å². The lowest BCUT2D eigenvalue weighted by Gasteiger charge is -1.99. The highest BCUT2D eigenvalue weighted by Crippen LogP contribution is 2.07. The van der Waals surface area contributed by atoms with Crippen molar-refractivity contribution in [2.45, 2.75) is 33.7 Å². The summed E-state index contributed by atoms with van der Waals surface area (Å²) in [5.41, 5.74) is 0.408. The Morgan fingerprint density at radius 2 is 2.21 bits per heavy atom. The molecule has 1 amide bonds. The van der Waals surface area contributed by atoms with Gasteiger partial charge in [-0.1, -0.05) is 24.2 Å². The fourth-order valence-corrected chi connectivity index (χ4v) is 1.57. The van der Waals surface area contributed by atoms with Crippen LogP contribution in [0.2, 0.25) is 0 Å². The second-order valence-electron chi connectivity index (χ2n) is 4.68. The summed E-state index contributed by atoms with van der Waals surface area (Å²) in [7, 11) is 0. The second-order valence-corrected chi connectivity index (χ2v) is 4.68. The van der Waals surface area contributed by atoms with E-state index in [2.05, 4.69) is 34.5 Å². The minimum atomic E-state index is -0.269. The highest BCUT2D eigenvalue weighted by Gasteiger charge is 2.14. The van der Waals surface area contributed by atoms with Crippen LogP contribution in [0.25, 0.3) is 0 Å². The lowest BCUT2D eigenvalue weighted by molar-refractivity contribution is 0.0948. The SMILES string of the molecule is Cc1oncc1C(=O)NCc1noc(CC(C)C)n1. The number of amides is 1. The molecule has 7 nitrogen and oxygen atoms in total. The molecule has 0 unspecified atom stereocenters. The van der Waals surface area contributed by atoms with Gasteiger partial charge in [0.2, 0.25) is 5.89 Å². The summed E-state index contributed by atoms with van der Waals surface area (Å²) in [6.07, 6.45) is 2.11. The number of hydrogen-bond donors (Lipinski definition) is 1. The van der Waals surface area contributed by atoms with Crippen LogP contribution in [0.1, 0.15) is 41.7 Å². The standard InChI is InChI=1S/C12H16N4O3/c1-7(2)4-11-15-10(16-19-11)6-13-12(17)9-5-14-18-8(9)3/h5,7H,4,6H2,1-3H3,(H,13,17). The van der Waals surface area contributed by atoms with Gasteiger partial charge < -0.3 is 14.4 Å². The molecular formula is C12H16N4O3. The van der Waals surface area contributed by atoms with E-state index in [0.717, 1.165) is 6.42 Å². The molecule has 0 radical (unpaired) electrons. The first-order valence-electron chi connectivity index (χ1n) is 6.07. The van der Waals surface area contributed by atoms with Crippen molar-refractivity contribution in [3.05, 3.63) is 29.2 Å². The summed E-state index contributed by atoms with van der Waals surface area (Å²) in [6, 6.07) is 0. The maximum Gasteiger partial charge on any atom is 0.256 e. The molecule has 0 aromatic carbocycles. The summed E-state index contributed by atoms with van der Waals surface area (Å²) in [6.45, 7) is 6.03. The van der Waals surface area contributed by atoms with Crippen molar-refractivity contribution in [2.75, 3.05) is 0 Å². The van der Waals surface area contributed by atoms with Crippen LogP contribution < -0.4 is 5.32 Å². The Balaban J connectivity index is 1.90. The lowest BCUT2D eigenvalue weighted by atomic mass is 10.1. The maximum atomic E-state index is 11.8. The Hall–Kier alpha value is -2.18. The second kappa shape index (κ2) is 5.64. The Kier molecular flexibility index (Phi) is 3.94. The molecule has 0 atom stereocenters. The van der Waals surface area contributed by atoms with Crippen molar-refractivity contribution < 1.29 is 13.8 Å². The minimum absolute atomic E-state index is 0.213. The van der Waals surface area contributed by atoms with Crippen molar-refractivity contribution in [1.29, 1.82) is 0 Å². The third-order valence-electron chi connectivity index (χ3n) is 2.50. The third-order valence-corrected chi connectivity index (χ3v) is 2.50. The van der Waals surface area contributed by atoms with E-state index in [0.29, 0.717) is 29.0 Å². The predicted octanol–water partition coefficient (Wildman–Crippen LogP) is 1.49. The van der Waals surface area contributed by atoms with Crippen molar-refractivity contribution in [3.8, 4) is 0 Å². The normalized spacial score (nSPS) is 10.9. The van der Waals surface area contributed by atoms with Crippen LogP contribution in [-0.4, -0.2) is 21.2 Å². The zero-order valence-corrected chi connectivity index (χ0v) is 11.1. The topological polar surface area (TPSA) is 94.1 Å². The number of aromatic nitrogens is 3. The first-order valence-corrected chi connectivity index (χ1v) is 6.07. The molecule has 0 aliphatic carbocycles. The van der Waals surface area contributed by atoms with E-state index in [9.17, 15) is 4.79 Å². The molecule has 2 heterocycles. The van der Waals surface area contributed by atoms with E-state index >= 15 is 0 Å². The Morgan fingerprint density at radius 1 is 1.42 bits per heavy atom. The molecule has 0 aliphatic heterocycles. The van der Waals surface area contributed by atoms with Gasteiger partial charge >= 0.3 is 0 Å². The largest absolute Gasteiger partial charge is 0.361 e. The summed E-state index contributed by atoms with van der Waals surface area (Å²) >= 11 is 0. The fraction of sp³-hybridized carbons (Fsp3) is 0.500. The molecule has 2 aromatic heterocycles. The molecule has 2 aromatic rings. The zero-order chi connectivity index (χ0) is 13.8.